The molecule has 1 saturated carbocycles. The average Bonchev–Trinajstić information content (AvgIpc) is 2.81. The molecule has 0 aliphatic heterocycles. The minimum absolute atomic E-state index is 0.158. The minimum atomic E-state index is -0.158. The lowest BCUT2D eigenvalue weighted by molar-refractivity contribution is 0.399. The van der Waals surface area contributed by atoms with Crippen molar-refractivity contribution in [2.75, 3.05) is 7.11 Å². The minimum Gasteiger partial charge on any atom is -0.497 e. The lowest BCUT2D eigenvalue weighted by atomic mass is 9.81. The highest BCUT2D eigenvalue weighted by Crippen LogP contribution is 2.41. The van der Waals surface area contributed by atoms with Gasteiger partial charge in [0, 0.05) is 4.47 Å². The van der Waals surface area contributed by atoms with Crippen molar-refractivity contribution in [2.45, 2.75) is 32.1 Å². The van der Waals surface area contributed by atoms with E-state index in [0.717, 1.165) is 29.5 Å². The van der Waals surface area contributed by atoms with Crippen molar-refractivity contribution in [1.29, 1.82) is 5.26 Å². The highest BCUT2D eigenvalue weighted by atomic mass is 79.9. The van der Waals surface area contributed by atoms with Crippen molar-refractivity contribution in [3.05, 3.63) is 28.2 Å². The first kappa shape index (κ1) is 12.4. The van der Waals surface area contributed by atoms with Crippen LogP contribution in [0.5, 0.6) is 5.75 Å². The van der Waals surface area contributed by atoms with Crippen LogP contribution < -0.4 is 4.74 Å². The fraction of sp³-hybridized carbons (Fsp3) is 0.500. The molecular formula is C14H16BrNO. The van der Waals surface area contributed by atoms with E-state index in [1.54, 1.807) is 7.11 Å². The lowest BCUT2D eigenvalue weighted by Gasteiger charge is -2.21. The van der Waals surface area contributed by atoms with Crippen LogP contribution in [0.1, 0.15) is 31.2 Å². The Hall–Kier alpha value is -1.01. The quantitative estimate of drug-likeness (QED) is 0.841. The molecule has 0 saturated heterocycles. The van der Waals surface area contributed by atoms with Gasteiger partial charge in [-0.25, -0.2) is 0 Å². The fourth-order valence-corrected chi connectivity index (χ4v) is 2.94. The smallest absolute Gasteiger partial charge is 0.119 e. The third-order valence-electron chi connectivity index (χ3n) is 3.58. The standard InChI is InChI=1S/C14H16BrNO/c1-17-12-4-5-13(15)11(8-12)9-14(10-16)6-2-3-7-14/h4-5,8H,2-3,6-7,9H2,1H3. The largest absolute Gasteiger partial charge is 0.497 e. The van der Waals surface area contributed by atoms with Crippen LogP contribution in [0.3, 0.4) is 0 Å². The van der Waals surface area contributed by atoms with Gasteiger partial charge in [-0.2, -0.15) is 5.26 Å². The number of benzene rings is 1. The molecule has 2 rings (SSSR count). The van der Waals surface area contributed by atoms with Crippen LogP contribution in [0.2, 0.25) is 0 Å². The molecule has 0 amide bonds. The molecule has 3 heteroatoms. The predicted molar refractivity (Wildman–Crippen MR) is 70.9 cm³/mol. The summed E-state index contributed by atoms with van der Waals surface area (Å²) in [6.07, 6.45) is 5.21. The van der Waals surface area contributed by atoms with Crippen LogP contribution in [-0.4, -0.2) is 7.11 Å². The van der Waals surface area contributed by atoms with Crippen molar-refractivity contribution >= 4 is 15.9 Å². The topological polar surface area (TPSA) is 33.0 Å². The van der Waals surface area contributed by atoms with Gasteiger partial charge in [0.2, 0.25) is 0 Å². The van der Waals surface area contributed by atoms with Crippen LogP contribution in [0.4, 0.5) is 0 Å². The average molecular weight is 294 g/mol. The monoisotopic (exact) mass is 293 g/mol. The Bertz CT molecular complexity index is 444. The molecular weight excluding hydrogens is 278 g/mol. The van der Waals surface area contributed by atoms with Gasteiger partial charge in [-0.15, -0.1) is 0 Å². The molecule has 1 fully saturated rings. The van der Waals surface area contributed by atoms with E-state index in [-0.39, 0.29) is 5.41 Å². The van der Waals surface area contributed by atoms with Crippen molar-refractivity contribution in [2.24, 2.45) is 5.41 Å². The van der Waals surface area contributed by atoms with E-state index in [9.17, 15) is 5.26 Å². The van der Waals surface area contributed by atoms with Crippen LogP contribution in [-0.2, 0) is 6.42 Å². The van der Waals surface area contributed by atoms with Crippen LogP contribution in [0.15, 0.2) is 22.7 Å². The number of nitriles is 1. The zero-order valence-electron chi connectivity index (χ0n) is 10.0. The third kappa shape index (κ3) is 2.63. The summed E-state index contributed by atoms with van der Waals surface area (Å²) >= 11 is 3.56. The van der Waals surface area contributed by atoms with Gasteiger partial charge in [0.05, 0.1) is 18.6 Å². The van der Waals surface area contributed by atoms with Gasteiger partial charge in [0.15, 0.2) is 0 Å². The normalized spacial score (nSPS) is 17.7. The summed E-state index contributed by atoms with van der Waals surface area (Å²) < 4.78 is 6.31. The van der Waals surface area contributed by atoms with E-state index in [0.29, 0.717) is 0 Å². The highest BCUT2D eigenvalue weighted by Gasteiger charge is 2.34. The molecule has 2 nitrogen and oxygen atoms in total. The van der Waals surface area contributed by atoms with Crippen LogP contribution >= 0.6 is 15.9 Å². The zero-order chi connectivity index (χ0) is 12.3. The number of hydrogen-bond donors (Lipinski definition) is 0. The lowest BCUT2D eigenvalue weighted by Crippen LogP contribution is -2.17. The number of hydrogen-bond acceptors (Lipinski definition) is 2. The summed E-state index contributed by atoms with van der Waals surface area (Å²) in [4.78, 5) is 0. The van der Waals surface area contributed by atoms with Gasteiger partial charge >= 0.3 is 0 Å². The Morgan fingerprint density at radius 2 is 2.12 bits per heavy atom. The first-order valence-electron chi connectivity index (χ1n) is 5.93. The zero-order valence-corrected chi connectivity index (χ0v) is 11.6. The molecule has 0 atom stereocenters. The number of rotatable bonds is 3. The van der Waals surface area contributed by atoms with Gasteiger partial charge in [-0.1, -0.05) is 28.8 Å². The summed E-state index contributed by atoms with van der Waals surface area (Å²) in [7, 11) is 1.67. The highest BCUT2D eigenvalue weighted by molar-refractivity contribution is 9.10. The molecule has 1 aromatic rings. The van der Waals surface area contributed by atoms with E-state index >= 15 is 0 Å². The maximum absolute atomic E-state index is 9.40. The van der Waals surface area contributed by atoms with Gasteiger partial charge in [0.25, 0.3) is 0 Å². The maximum atomic E-state index is 9.40. The van der Waals surface area contributed by atoms with E-state index in [4.69, 9.17) is 4.74 Å². The molecule has 1 aliphatic rings. The molecule has 0 spiro atoms. The fourth-order valence-electron chi connectivity index (χ4n) is 2.56. The molecule has 0 bridgehead atoms. The number of ether oxygens (including phenoxy) is 1. The molecule has 0 N–H and O–H groups in total. The summed E-state index contributed by atoms with van der Waals surface area (Å²) in [5, 5.41) is 9.40. The van der Waals surface area contributed by atoms with Crippen LogP contribution in [0.25, 0.3) is 0 Å². The Balaban J connectivity index is 2.26. The van der Waals surface area contributed by atoms with Crippen molar-refractivity contribution in [1.82, 2.24) is 0 Å². The van der Waals surface area contributed by atoms with Gasteiger partial charge in [0.1, 0.15) is 5.75 Å². The molecule has 1 aliphatic carbocycles. The third-order valence-corrected chi connectivity index (χ3v) is 4.35. The number of halogens is 1. The van der Waals surface area contributed by atoms with E-state index in [2.05, 4.69) is 22.0 Å². The van der Waals surface area contributed by atoms with Crippen LogP contribution in [0, 0.1) is 16.7 Å². The van der Waals surface area contributed by atoms with E-state index in [1.807, 2.05) is 18.2 Å². The number of nitrogens with zero attached hydrogens (tertiary/aromatic N) is 1. The maximum Gasteiger partial charge on any atom is 0.119 e. The Morgan fingerprint density at radius 3 is 2.71 bits per heavy atom. The molecule has 90 valence electrons. The second kappa shape index (κ2) is 5.10. The van der Waals surface area contributed by atoms with E-state index < -0.39 is 0 Å². The first-order valence-corrected chi connectivity index (χ1v) is 6.72. The van der Waals surface area contributed by atoms with Crippen molar-refractivity contribution in [3.8, 4) is 11.8 Å². The Kier molecular flexibility index (Phi) is 3.73. The van der Waals surface area contributed by atoms with Gasteiger partial charge in [-0.3, -0.25) is 0 Å². The van der Waals surface area contributed by atoms with Gasteiger partial charge in [-0.05, 0) is 43.0 Å². The van der Waals surface area contributed by atoms with Gasteiger partial charge < -0.3 is 4.74 Å². The first-order chi connectivity index (χ1) is 8.19. The van der Waals surface area contributed by atoms with Crippen molar-refractivity contribution < 1.29 is 4.74 Å². The van der Waals surface area contributed by atoms with Crippen molar-refractivity contribution in [3.63, 3.8) is 0 Å². The summed E-state index contributed by atoms with van der Waals surface area (Å²) in [5.41, 5.74) is 1.02. The van der Waals surface area contributed by atoms with E-state index in [1.165, 1.54) is 18.4 Å². The SMILES string of the molecule is COc1ccc(Br)c(CC2(C#N)CCCC2)c1. The summed E-state index contributed by atoms with van der Waals surface area (Å²) in [6.45, 7) is 0. The second-order valence-electron chi connectivity index (χ2n) is 4.73. The molecule has 1 aromatic carbocycles. The predicted octanol–water partition coefficient (Wildman–Crippen LogP) is 4.08. The molecule has 17 heavy (non-hydrogen) atoms. The number of methoxy groups -OCH3 is 1. The summed E-state index contributed by atoms with van der Waals surface area (Å²) in [5.74, 6) is 0.856. The second-order valence-corrected chi connectivity index (χ2v) is 5.59. The Morgan fingerprint density at radius 1 is 1.41 bits per heavy atom. The molecule has 0 unspecified atom stereocenters. The Labute approximate surface area is 111 Å². The molecule has 0 aromatic heterocycles. The molecule has 0 heterocycles. The summed E-state index contributed by atoms with van der Waals surface area (Å²) in [6, 6.07) is 8.48. The molecule has 0 radical (unpaired) electrons.